The zero-order valence-electron chi connectivity index (χ0n) is 16.1. The number of fused-ring (bicyclic) bond motifs is 3. The first-order chi connectivity index (χ1) is 13.7. The molecule has 0 aliphatic rings. The molecule has 1 heterocycles. The van der Waals surface area contributed by atoms with Gasteiger partial charge in [0.1, 0.15) is 0 Å². The molecule has 0 radical (unpaired) electrons. The van der Waals surface area contributed by atoms with E-state index in [2.05, 4.69) is 121 Å². The van der Waals surface area contributed by atoms with Gasteiger partial charge in [-0.1, -0.05) is 66.2 Å². The number of hydrogen-bond acceptors (Lipinski definition) is 1. The van der Waals surface area contributed by atoms with E-state index in [4.69, 9.17) is 0 Å². The maximum Gasteiger partial charge on any atom is 0.0699 e. The Balaban J connectivity index is 1.78. The summed E-state index contributed by atoms with van der Waals surface area (Å²) in [6, 6.07) is 34.6. The van der Waals surface area contributed by atoms with E-state index in [0.29, 0.717) is 0 Å². The minimum atomic E-state index is 1.18. The van der Waals surface area contributed by atoms with E-state index >= 15 is 0 Å². The number of hydrogen-bond donors (Lipinski definition) is 0. The van der Waals surface area contributed by atoms with Gasteiger partial charge >= 0.3 is 0 Å². The lowest BCUT2D eigenvalue weighted by atomic mass is 10.2. The second-order valence-corrected chi connectivity index (χ2v) is 7.25. The minimum Gasteiger partial charge on any atom is -0.343 e. The fraction of sp³-hybridized carbons (Fsp3) is 0.0769. The maximum atomic E-state index is 2.38. The normalized spacial score (nSPS) is 11.2. The van der Waals surface area contributed by atoms with Crippen LogP contribution in [0.1, 0.15) is 5.56 Å². The molecule has 0 atom stereocenters. The predicted molar refractivity (Wildman–Crippen MR) is 120 cm³/mol. The van der Waals surface area contributed by atoms with Crippen LogP contribution in [-0.2, 0) is 0 Å². The van der Waals surface area contributed by atoms with Crippen LogP contribution < -0.4 is 4.90 Å². The van der Waals surface area contributed by atoms with Crippen LogP contribution in [0.3, 0.4) is 0 Å². The first kappa shape index (κ1) is 16.6. The van der Waals surface area contributed by atoms with Gasteiger partial charge in [0.25, 0.3) is 0 Å². The van der Waals surface area contributed by atoms with Gasteiger partial charge in [0, 0.05) is 23.5 Å². The standard InChI is InChI=1S/C26H22N2/c1-19-15-17-20(18-16-19)27(2)25-13-7-8-14-26(25)28-23-11-5-3-9-21(23)22-10-4-6-12-24(22)28/h3-18H,1-2H3. The number of aryl methyl sites for hydroxylation is 1. The van der Waals surface area contributed by atoms with Crippen LogP contribution in [0.2, 0.25) is 0 Å². The molecule has 0 spiro atoms. The van der Waals surface area contributed by atoms with Crippen LogP contribution in [0.5, 0.6) is 0 Å². The molecule has 0 aliphatic carbocycles. The lowest BCUT2D eigenvalue weighted by molar-refractivity contribution is 1.12. The van der Waals surface area contributed by atoms with Crippen LogP contribution in [-0.4, -0.2) is 11.6 Å². The van der Waals surface area contributed by atoms with Gasteiger partial charge in [0.15, 0.2) is 0 Å². The Kier molecular flexibility index (Phi) is 3.91. The molecular weight excluding hydrogens is 340 g/mol. The zero-order valence-corrected chi connectivity index (χ0v) is 16.1. The summed E-state index contributed by atoms with van der Waals surface area (Å²) in [4.78, 5) is 2.26. The van der Waals surface area contributed by atoms with Crippen LogP contribution in [0.4, 0.5) is 11.4 Å². The average Bonchev–Trinajstić information content (AvgIpc) is 3.08. The summed E-state index contributed by atoms with van der Waals surface area (Å²) in [5, 5.41) is 2.57. The highest BCUT2D eigenvalue weighted by Crippen LogP contribution is 2.36. The molecule has 0 unspecified atom stereocenters. The molecule has 0 saturated heterocycles. The van der Waals surface area contributed by atoms with Crippen molar-refractivity contribution in [2.45, 2.75) is 6.92 Å². The molecule has 0 amide bonds. The Bertz CT molecular complexity index is 1230. The second-order valence-electron chi connectivity index (χ2n) is 7.25. The van der Waals surface area contributed by atoms with Crippen molar-refractivity contribution in [1.82, 2.24) is 4.57 Å². The Labute approximate surface area is 165 Å². The highest BCUT2D eigenvalue weighted by molar-refractivity contribution is 6.09. The first-order valence-electron chi connectivity index (χ1n) is 9.62. The van der Waals surface area contributed by atoms with Gasteiger partial charge in [-0.05, 0) is 43.3 Å². The van der Waals surface area contributed by atoms with Gasteiger partial charge in [0.2, 0.25) is 0 Å². The Morgan fingerprint density at radius 1 is 0.607 bits per heavy atom. The zero-order chi connectivity index (χ0) is 19.1. The number of nitrogens with zero attached hydrogens (tertiary/aromatic N) is 2. The predicted octanol–water partition coefficient (Wildman–Crippen LogP) is 6.86. The topological polar surface area (TPSA) is 8.17 Å². The molecule has 28 heavy (non-hydrogen) atoms. The summed E-state index contributed by atoms with van der Waals surface area (Å²) in [7, 11) is 2.14. The van der Waals surface area contributed by atoms with Gasteiger partial charge in [-0.3, -0.25) is 0 Å². The number of benzene rings is 4. The summed E-state index contributed by atoms with van der Waals surface area (Å²) >= 11 is 0. The monoisotopic (exact) mass is 362 g/mol. The molecule has 5 aromatic rings. The van der Waals surface area contributed by atoms with Crippen molar-refractivity contribution in [3.8, 4) is 5.69 Å². The van der Waals surface area contributed by atoms with Crippen molar-refractivity contribution in [3.05, 3.63) is 103 Å². The van der Waals surface area contributed by atoms with E-state index in [1.165, 1.54) is 44.4 Å². The number of aromatic nitrogens is 1. The molecule has 2 heteroatoms. The molecule has 0 N–H and O–H groups in total. The number of para-hydroxylation sites is 4. The van der Waals surface area contributed by atoms with Gasteiger partial charge in [-0.2, -0.15) is 0 Å². The van der Waals surface area contributed by atoms with Crippen molar-refractivity contribution in [1.29, 1.82) is 0 Å². The summed E-state index contributed by atoms with van der Waals surface area (Å²) in [5.74, 6) is 0. The fourth-order valence-electron chi connectivity index (χ4n) is 4.03. The maximum absolute atomic E-state index is 2.38. The molecule has 0 bridgehead atoms. The van der Waals surface area contributed by atoms with Crippen molar-refractivity contribution in [3.63, 3.8) is 0 Å². The van der Waals surface area contributed by atoms with Crippen LogP contribution in [0, 0.1) is 6.92 Å². The van der Waals surface area contributed by atoms with Gasteiger partial charge in [-0.15, -0.1) is 0 Å². The molecule has 4 aromatic carbocycles. The Hall–Kier alpha value is -3.52. The third-order valence-corrected chi connectivity index (χ3v) is 5.49. The van der Waals surface area contributed by atoms with E-state index in [1.807, 2.05) is 0 Å². The van der Waals surface area contributed by atoms with Crippen LogP contribution in [0.25, 0.3) is 27.5 Å². The molecular formula is C26H22N2. The highest BCUT2D eigenvalue weighted by Gasteiger charge is 2.16. The molecule has 0 fully saturated rings. The molecule has 136 valence electrons. The van der Waals surface area contributed by atoms with Crippen LogP contribution >= 0.6 is 0 Å². The van der Waals surface area contributed by atoms with Crippen molar-refractivity contribution in [2.24, 2.45) is 0 Å². The lowest BCUT2D eigenvalue weighted by Gasteiger charge is -2.24. The quantitative estimate of drug-likeness (QED) is 0.340. The molecule has 2 nitrogen and oxygen atoms in total. The largest absolute Gasteiger partial charge is 0.343 e. The number of anilines is 2. The third-order valence-electron chi connectivity index (χ3n) is 5.49. The smallest absolute Gasteiger partial charge is 0.0699 e. The Morgan fingerprint density at radius 3 is 1.79 bits per heavy atom. The SMILES string of the molecule is Cc1ccc(N(C)c2ccccc2-n2c3ccccc3c3ccccc32)cc1. The second kappa shape index (κ2) is 6.58. The van der Waals surface area contributed by atoms with Crippen molar-refractivity contribution in [2.75, 3.05) is 11.9 Å². The minimum absolute atomic E-state index is 1.18. The molecule has 1 aromatic heterocycles. The number of rotatable bonds is 3. The van der Waals surface area contributed by atoms with Crippen molar-refractivity contribution < 1.29 is 0 Å². The Morgan fingerprint density at radius 2 is 1.14 bits per heavy atom. The summed E-state index contributed by atoms with van der Waals surface area (Å²) < 4.78 is 2.38. The van der Waals surface area contributed by atoms with Gasteiger partial charge < -0.3 is 9.47 Å². The third kappa shape index (κ3) is 2.57. The van der Waals surface area contributed by atoms with E-state index in [0.717, 1.165) is 0 Å². The van der Waals surface area contributed by atoms with Gasteiger partial charge in [-0.25, -0.2) is 0 Å². The lowest BCUT2D eigenvalue weighted by Crippen LogP contribution is -2.12. The van der Waals surface area contributed by atoms with E-state index in [-0.39, 0.29) is 0 Å². The molecule has 0 aliphatic heterocycles. The highest BCUT2D eigenvalue weighted by atomic mass is 15.1. The van der Waals surface area contributed by atoms with E-state index in [9.17, 15) is 0 Å². The summed E-state index contributed by atoms with van der Waals surface area (Å²) in [6.45, 7) is 2.12. The fourth-order valence-corrected chi connectivity index (χ4v) is 4.03. The van der Waals surface area contributed by atoms with E-state index in [1.54, 1.807) is 0 Å². The molecule has 5 rings (SSSR count). The van der Waals surface area contributed by atoms with E-state index < -0.39 is 0 Å². The summed E-state index contributed by atoms with van der Waals surface area (Å²) in [6.07, 6.45) is 0. The average molecular weight is 362 g/mol. The van der Waals surface area contributed by atoms with Gasteiger partial charge in [0.05, 0.1) is 22.4 Å². The summed E-state index contributed by atoms with van der Waals surface area (Å²) in [5.41, 5.74) is 7.27. The van der Waals surface area contributed by atoms with Crippen molar-refractivity contribution >= 4 is 33.2 Å². The van der Waals surface area contributed by atoms with Crippen LogP contribution in [0.15, 0.2) is 97.1 Å². The molecule has 0 saturated carbocycles. The first-order valence-corrected chi connectivity index (χ1v) is 9.62.